The maximum absolute atomic E-state index is 12.3. The molecule has 2 rings (SSSR count). The van der Waals surface area contributed by atoms with E-state index in [4.69, 9.17) is 0 Å². The van der Waals surface area contributed by atoms with Crippen LogP contribution in [0.2, 0.25) is 0 Å². The Morgan fingerprint density at radius 3 is 2.60 bits per heavy atom. The third kappa shape index (κ3) is 3.07. The van der Waals surface area contributed by atoms with Gasteiger partial charge in [-0.2, -0.15) is 5.10 Å². The monoisotopic (exact) mass is 271 g/mol. The summed E-state index contributed by atoms with van der Waals surface area (Å²) in [5, 5.41) is 9.96. The third-order valence-corrected chi connectivity index (χ3v) is 3.27. The average Bonchev–Trinajstić information content (AvgIpc) is 2.87. The standard InChI is InChI=1S/C16H21N3O/c1-5-11-8-6-7-9-12(11)15(20)17-14-10-13(18-19-14)16(2,3)4/h6-10H,5H2,1-4H3,(H2,17,18,19,20). The predicted octanol–water partition coefficient (Wildman–Crippen LogP) is 3.52. The first-order valence-corrected chi connectivity index (χ1v) is 6.87. The molecule has 106 valence electrons. The summed E-state index contributed by atoms with van der Waals surface area (Å²) in [4.78, 5) is 12.3. The number of hydrogen-bond donors (Lipinski definition) is 2. The van der Waals surface area contributed by atoms with E-state index >= 15 is 0 Å². The van der Waals surface area contributed by atoms with Gasteiger partial charge in [-0.15, -0.1) is 0 Å². The first-order valence-electron chi connectivity index (χ1n) is 6.87. The maximum Gasteiger partial charge on any atom is 0.257 e. The van der Waals surface area contributed by atoms with E-state index in [0.717, 1.165) is 17.7 Å². The minimum atomic E-state index is -0.116. The first-order chi connectivity index (χ1) is 9.41. The molecule has 0 bridgehead atoms. The van der Waals surface area contributed by atoms with Crippen molar-refractivity contribution in [1.29, 1.82) is 0 Å². The van der Waals surface area contributed by atoms with Crippen LogP contribution in [0.5, 0.6) is 0 Å². The van der Waals surface area contributed by atoms with Crippen LogP contribution in [0.25, 0.3) is 0 Å². The van der Waals surface area contributed by atoms with Gasteiger partial charge >= 0.3 is 0 Å². The highest BCUT2D eigenvalue weighted by Crippen LogP contribution is 2.22. The second-order valence-corrected chi connectivity index (χ2v) is 5.88. The summed E-state index contributed by atoms with van der Waals surface area (Å²) in [7, 11) is 0. The van der Waals surface area contributed by atoms with Crippen LogP contribution in [0, 0.1) is 0 Å². The normalized spacial score (nSPS) is 11.4. The number of aryl methyl sites for hydroxylation is 1. The Morgan fingerprint density at radius 2 is 2.00 bits per heavy atom. The second-order valence-electron chi connectivity index (χ2n) is 5.88. The van der Waals surface area contributed by atoms with Gasteiger partial charge in [0.1, 0.15) is 0 Å². The van der Waals surface area contributed by atoms with E-state index in [9.17, 15) is 4.79 Å². The number of amides is 1. The van der Waals surface area contributed by atoms with Crippen LogP contribution in [-0.2, 0) is 11.8 Å². The number of aromatic nitrogens is 2. The Bertz CT molecular complexity index is 608. The summed E-state index contributed by atoms with van der Waals surface area (Å²) >= 11 is 0. The highest BCUT2D eigenvalue weighted by Gasteiger charge is 2.18. The van der Waals surface area contributed by atoms with Crippen molar-refractivity contribution < 1.29 is 4.79 Å². The number of H-pyrrole nitrogens is 1. The third-order valence-electron chi connectivity index (χ3n) is 3.27. The van der Waals surface area contributed by atoms with Crippen molar-refractivity contribution in [2.24, 2.45) is 0 Å². The number of aromatic amines is 1. The molecule has 1 aromatic heterocycles. The molecule has 1 heterocycles. The van der Waals surface area contributed by atoms with Gasteiger partial charge in [0, 0.05) is 22.7 Å². The van der Waals surface area contributed by atoms with E-state index in [-0.39, 0.29) is 11.3 Å². The van der Waals surface area contributed by atoms with Gasteiger partial charge in [0.25, 0.3) is 5.91 Å². The van der Waals surface area contributed by atoms with Crippen molar-refractivity contribution in [3.8, 4) is 0 Å². The Morgan fingerprint density at radius 1 is 1.30 bits per heavy atom. The highest BCUT2D eigenvalue weighted by atomic mass is 16.1. The zero-order valence-electron chi connectivity index (χ0n) is 12.4. The van der Waals surface area contributed by atoms with E-state index in [0.29, 0.717) is 11.4 Å². The van der Waals surface area contributed by atoms with Crippen LogP contribution in [-0.4, -0.2) is 16.1 Å². The van der Waals surface area contributed by atoms with Crippen molar-refractivity contribution >= 4 is 11.7 Å². The molecule has 4 nitrogen and oxygen atoms in total. The lowest BCUT2D eigenvalue weighted by atomic mass is 9.92. The maximum atomic E-state index is 12.3. The van der Waals surface area contributed by atoms with Gasteiger partial charge in [-0.3, -0.25) is 9.89 Å². The number of carbonyl (C=O) groups excluding carboxylic acids is 1. The van der Waals surface area contributed by atoms with Crippen LogP contribution in [0.4, 0.5) is 5.82 Å². The van der Waals surface area contributed by atoms with Gasteiger partial charge in [-0.1, -0.05) is 45.9 Å². The van der Waals surface area contributed by atoms with E-state index < -0.39 is 0 Å². The van der Waals surface area contributed by atoms with Crippen molar-refractivity contribution in [3.63, 3.8) is 0 Å². The molecule has 0 aliphatic carbocycles. The molecule has 0 saturated carbocycles. The largest absolute Gasteiger partial charge is 0.305 e. The second kappa shape index (κ2) is 5.49. The molecule has 0 aliphatic rings. The molecular formula is C16H21N3O. The smallest absolute Gasteiger partial charge is 0.257 e. The van der Waals surface area contributed by atoms with E-state index in [1.165, 1.54) is 0 Å². The summed E-state index contributed by atoms with van der Waals surface area (Å²) in [6.07, 6.45) is 0.831. The van der Waals surface area contributed by atoms with Gasteiger partial charge in [0.2, 0.25) is 0 Å². The lowest BCUT2D eigenvalue weighted by Gasteiger charge is -2.14. The van der Waals surface area contributed by atoms with Crippen molar-refractivity contribution in [2.75, 3.05) is 5.32 Å². The minimum Gasteiger partial charge on any atom is -0.305 e. The average molecular weight is 271 g/mol. The van der Waals surface area contributed by atoms with Gasteiger partial charge in [0.05, 0.1) is 0 Å². The SMILES string of the molecule is CCc1ccccc1C(=O)Nc1cc(C(C)(C)C)[nH]n1. The zero-order valence-corrected chi connectivity index (χ0v) is 12.4. The number of nitrogens with zero attached hydrogens (tertiary/aromatic N) is 1. The van der Waals surface area contributed by atoms with Crippen molar-refractivity contribution in [2.45, 2.75) is 39.5 Å². The van der Waals surface area contributed by atoms with Crippen molar-refractivity contribution in [1.82, 2.24) is 10.2 Å². The van der Waals surface area contributed by atoms with E-state index in [2.05, 4.69) is 36.3 Å². The quantitative estimate of drug-likeness (QED) is 0.897. The lowest BCUT2D eigenvalue weighted by molar-refractivity contribution is 0.102. The summed E-state index contributed by atoms with van der Waals surface area (Å²) in [6, 6.07) is 9.51. The van der Waals surface area contributed by atoms with E-state index in [1.807, 2.05) is 37.3 Å². The van der Waals surface area contributed by atoms with Gasteiger partial charge in [-0.05, 0) is 18.1 Å². The molecular weight excluding hydrogens is 250 g/mol. The number of anilines is 1. The Balaban J connectivity index is 2.18. The Hall–Kier alpha value is -2.10. The van der Waals surface area contributed by atoms with Crippen LogP contribution in [0.3, 0.4) is 0 Å². The van der Waals surface area contributed by atoms with Crippen LogP contribution >= 0.6 is 0 Å². The molecule has 4 heteroatoms. The molecule has 0 radical (unpaired) electrons. The fraction of sp³-hybridized carbons (Fsp3) is 0.375. The Kier molecular flexibility index (Phi) is 3.93. The lowest BCUT2D eigenvalue weighted by Crippen LogP contribution is -2.14. The summed E-state index contributed by atoms with van der Waals surface area (Å²) < 4.78 is 0. The fourth-order valence-electron chi connectivity index (χ4n) is 2.00. The molecule has 1 amide bonds. The Labute approximate surface area is 119 Å². The fourth-order valence-corrected chi connectivity index (χ4v) is 2.00. The number of benzene rings is 1. The van der Waals surface area contributed by atoms with Gasteiger partial charge in [-0.25, -0.2) is 0 Å². The number of nitrogens with one attached hydrogen (secondary N) is 2. The molecule has 0 aliphatic heterocycles. The molecule has 2 aromatic rings. The first kappa shape index (κ1) is 14.3. The summed E-state index contributed by atoms with van der Waals surface area (Å²) in [6.45, 7) is 8.33. The molecule has 0 unspecified atom stereocenters. The van der Waals surface area contributed by atoms with Gasteiger partial charge < -0.3 is 5.32 Å². The minimum absolute atomic E-state index is 0.0166. The van der Waals surface area contributed by atoms with Crippen LogP contribution in [0.15, 0.2) is 30.3 Å². The molecule has 0 fully saturated rings. The molecule has 0 saturated heterocycles. The predicted molar refractivity (Wildman–Crippen MR) is 81.1 cm³/mol. The van der Waals surface area contributed by atoms with Crippen LogP contribution < -0.4 is 5.32 Å². The molecule has 0 atom stereocenters. The summed E-state index contributed by atoms with van der Waals surface area (Å²) in [5.74, 6) is 0.445. The molecule has 0 spiro atoms. The van der Waals surface area contributed by atoms with Crippen molar-refractivity contribution in [3.05, 3.63) is 47.2 Å². The van der Waals surface area contributed by atoms with Gasteiger partial charge in [0.15, 0.2) is 5.82 Å². The number of hydrogen-bond acceptors (Lipinski definition) is 2. The molecule has 20 heavy (non-hydrogen) atoms. The number of rotatable bonds is 3. The van der Waals surface area contributed by atoms with E-state index in [1.54, 1.807) is 0 Å². The highest BCUT2D eigenvalue weighted by molar-refractivity contribution is 6.04. The zero-order chi connectivity index (χ0) is 14.8. The molecule has 1 aromatic carbocycles. The van der Waals surface area contributed by atoms with Crippen LogP contribution in [0.1, 0.15) is 49.3 Å². The topological polar surface area (TPSA) is 57.8 Å². The number of carbonyl (C=O) groups is 1. The summed E-state index contributed by atoms with van der Waals surface area (Å²) in [5.41, 5.74) is 2.72. The molecule has 2 N–H and O–H groups in total.